The van der Waals surface area contributed by atoms with Crippen LogP contribution in [0.4, 0.5) is 5.13 Å². The van der Waals surface area contributed by atoms with Gasteiger partial charge in [-0.3, -0.25) is 9.69 Å². The van der Waals surface area contributed by atoms with Crippen molar-refractivity contribution in [3.05, 3.63) is 74.7 Å². The second-order valence-corrected chi connectivity index (χ2v) is 8.78. The number of hydrogen-bond donors (Lipinski definition) is 0. The number of rotatable bonds is 4. The predicted molar refractivity (Wildman–Crippen MR) is 113 cm³/mol. The van der Waals surface area contributed by atoms with Crippen molar-refractivity contribution in [3.63, 3.8) is 0 Å². The van der Waals surface area contributed by atoms with Crippen LogP contribution < -0.4 is 4.90 Å². The van der Waals surface area contributed by atoms with Crippen molar-refractivity contribution in [3.8, 4) is 0 Å². The number of fused-ring (bicyclic) bond motifs is 1. The summed E-state index contributed by atoms with van der Waals surface area (Å²) < 4.78 is 0.959. The van der Waals surface area contributed by atoms with Crippen LogP contribution in [0.1, 0.15) is 25.9 Å². The van der Waals surface area contributed by atoms with Crippen LogP contribution in [0.3, 0.4) is 0 Å². The van der Waals surface area contributed by atoms with Gasteiger partial charge in [-0.05, 0) is 37.6 Å². The summed E-state index contributed by atoms with van der Waals surface area (Å²) in [5, 5.41) is 2.20. The summed E-state index contributed by atoms with van der Waals surface area (Å²) in [6, 6.07) is 15.5. The second kappa shape index (κ2) is 7.38. The molecule has 0 saturated carbocycles. The Kier molecular flexibility index (Phi) is 4.95. The minimum atomic E-state index is -0.0768. The largest absolute Gasteiger partial charge is 0.279 e. The van der Waals surface area contributed by atoms with Crippen molar-refractivity contribution in [1.82, 2.24) is 9.97 Å². The average Bonchev–Trinajstić information content (AvgIpc) is 3.22. The van der Waals surface area contributed by atoms with Gasteiger partial charge in [0.2, 0.25) is 0 Å². The van der Waals surface area contributed by atoms with Crippen molar-refractivity contribution in [2.24, 2.45) is 0 Å². The molecule has 7 heteroatoms. The maximum atomic E-state index is 13.4. The van der Waals surface area contributed by atoms with Gasteiger partial charge in [0.15, 0.2) is 5.13 Å². The van der Waals surface area contributed by atoms with Crippen molar-refractivity contribution in [1.29, 1.82) is 0 Å². The molecule has 0 atom stereocenters. The highest BCUT2D eigenvalue weighted by Gasteiger charge is 2.25. The van der Waals surface area contributed by atoms with E-state index in [9.17, 15) is 4.79 Å². The van der Waals surface area contributed by atoms with Gasteiger partial charge in [0.05, 0.1) is 27.5 Å². The van der Waals surface area contributed by atoms with Crippen molar-refractivity contribution in [2.75, 3.05) is 4.90 Å². The van der Waals surface area contributed by atoms with Crippen LogP contribution in [0.25, 0.3) is 10.2 Å². The molecule has 1 amide bonds. The van der Waals surface area contributed by atoms with E-state index >= 15 is 0 Å². The van der Waals surface area contributed by atoms with E-state index in [0.717, 1.165) is 26.5 Å². The topological polar surface area (TPSA) is 46.1 Å². The normalized spacial score (nSPS) is 11.1. The van der Waals surface area contributed by atoms with Crippen LogP contribution in [-0.4, -0.2) is 15.9 Å². The fraction of sp³-hybridized carbons (Fsp3) is 0.150. The van der Waals surface area contributed by atoms with E-state index in [1.165, 1.54) is 22.7 Å². The van der Waals surface area contributed by atoms with E-state index in [1.54, 1.807) is 4.90 Å². The average molecular weight is 414 g/mol. The Balaban J connectivity index is 1.79. The molecular formula is C20H16ClN3OS2. The molecule has 0 aliphatic carbocycles. The molecule has 0 saturated heterocycles. The van der Waals surface area contributed by atoms with Crippen LogP contribution in [0, 0.1) is 13.8 Å². The minimum absolute atomic E-state index is 0.0768. The molecule has 2 aromatic heterocycles. The van der Waals surface area contributed by atoms with Crippen molar-refractivity contribution in [2.45, 2.75) is 20.4 Å². The molecule has 2 heterocycles. The van der Waals surface area contributed by atoms with Crippen LogP contribution in [0.5, 0.6) is 0 Å². The smallest absolute Gasteiger partial charge is 0.272 e. The molecular weight excluding hydrogens is 398 g/mol. The van der Waals surface area contributed by atoms with Crippen LogP contribution in [0.2, 0.25) is 5.02 Å². The number of nitrogens with zero attached hydrogens (tertiary/aromatic N) is 3. The first-order chi connectivity index (χ1) is 13.0. The van der Waals surface area contributed by atoms with E-state index in [2.05, 4.69) is 9.97 Å². The number of anilines is 1. The van der Waals surface area contributed by atoms with Crippen LogP contribution >= 0.6 is 34.3 Å². The van der Waals surface area contributed by atoms with E-state index in [0.29, 0.717) is 21.6 Å². The number of halogens is 1. The summed E-state index contributed by atoms with van der Waals surface area (Å²) in [5.74, 6) is -0.0768. The zero-order valence-electron chi connectivity index (χ0n) is 14.8. The highest BCUT2D eigenvalue weighted by atomic mass is 35.5. The minimum Gasteiger partial charge on any atom is -0.279 e. The van der Waals surface area contributed by atoms with Crippen LogP contribution in [-0.2, 0) is 6.54 Å². The molecule has 0 aliphatic rings. The zero-order chi connectivity index (χ0) is 19.0. The van der Waals surface area contributed by atoms with E-state index in [1.807, 2.05) is 62.4 Å². The molecule has 0 aliphatic heterocycles. The molecule has 0 bridgehead atoms. The van der Waals surface area contributed by atoms with Crippen molar-refractivity contribution >= 4 is 55.5 Å². The number of aryl methyl sites for hydroxylation is 2. The highest BCUT2D eigenvalue weighted by molar-refractivity contribution is 7.22. The third kappa shape index (κ3) is 3.74. The van der Waals surface area contributed by atoms with Crippen molar-refractivity contribution < 1.29 is 4.79 Å². The van der Waals surface area contributed by atoms with Gasteiger partial charge in [-0.1, -0.05) is 53.3 Å². The Bertz CT molecular complexity index is 1120. The zero-order valence-corrected chi connectivity index (χ0v) is 17.2. The van der Waals surface area contributed by atoms with E-state index in [-0.39, 0.29) is 5.91 Å². The highest BCUT2D eigenvalue weighted by Crippen LogP contribution is 2.33. The first-order valence-electron chi connectivity index (χ1n) is 8.37. The van der Waals surface area contributed by atoms with Gasteiger partial charge in [-0.25, -0.2) is 9.97 Å². The molecule has 0 N–H and O–H groups in total. The predicted octanol–water partition coefficient (Wildman–Crippen LogP) is 5.87. The summed E-state index contributed by atoms with van der Waals surface area (Å²) in [7, 11) is 0. The first kappa shape index (κ1) is 18.1. The monoisotopic (exact) mass is 413 g/mol. The number of carbonyl (C=O) groups is 1. The number of benzene rings is 2. The molecule has 136 valence electrons. The lowest BCUT2D eigenvalue weighted by Gasteiger charge is -2.19. The van der Waals surface area contributed by atoms with Gasteiger partial charge in [-0.2, -0.15) is 0 Å². The lowest BCUT2D eigenvalue weighted by Crippen LogP contribution is -2.30. The number of carbonyl (C=O) groups excluding carboxylic acids is 1. The Morgan fingerprint density at radius 3 is 2.56 bits per heavy atom. The third-order valence-corrected chi connectivity index (χ3v) is 6.43. The van der Waals surface area contributed by atoms with E-state index < -0.39 is 0 Å². The summed E-state index contributed by atoms with van der Waals surface area (Å²) >= 11 is 9.00. The SMILES string of the molecule is Cc1nc(C)c(C(=O)N(Cc2ccccc2)c2nc3ccc(Cl)cc3s2)s1. The molecule has 4 rings (SSSR count). The quantitative estimate of drug-likeness (QED) is 0.420. The second-order valence-electron chi connectivity index (χ2n) is 6.13. The summed E-state index contributed by atoms with van der Waals surface area (Å²) in [6.07, 6.45) is 0. The number of amides is 1. The van der Waals surface area contributed by atoms with Gasteiger partial charge in [0, 0.05) is 5.02 Å². The van der Waals surface area contributed by atoms with E-state index in [4.69, 9.17) is 11.6 Å². The molecule has 4 aromatic rings. The Morgan fingerprint density at radius 1 is 1.07 bits per heavy atom. The standard InChI is InChI=1S/C20H16ClN3OS2/c1-12-18(26-13(2)22-12)19(25)24(11-14-6-4-3-5-7-14)20-23-16-9-8-15(21)10-17(16)27-20/h3-10H,11H2,1-2H3. The maximum Gasteiger partial charge on any atom is 0.272 e. The van der Waals surface area contributed by atoms with Gasteiger partial charge in [-0.15, -0.1) is 11.3 Å². The molecule has 0 spiro atoms. The maximum absolute atomic E-state index is 13.4. The Labute approximate surface area is 170 Å². The Hall–Kier alpha value is -2.28. The first-order valence-corrected chi connectivity index (χ1v) is 10.4. The molecule has 2 aromatic carbocycles. The molecule has 0 unspecified atom stereocenters. The molecule has 0 fully saturated rings. The van der Waals surface area contributed by atoms with Crippen LogP contribution in [0.15, 0.2) is 48.5 Å². The lowest BCUT2D eigenvalue weighted by atomic mass is 10.2. The Morgan fingerprint density at radius 2 is 1.85 bits per heavy atom. The fourth-order valence-corrected chi connectivity index (χ4v) is 4.95. The molecule has 0 radical (unpaired) electrons. The van der Waals surface area contributed by atoms with Gasteiger partial charge in [0.1, 0.15) is 4.88 Å². The molecule has 27 heavy (non-hydrogen) atoms. The van der Waals surface area contributed by atoms with Gasteiger partial charge in [0.25, 0.3) is 5.91 Å². The fourth-order valence-electron chi connectivity index (χ4n) is 2.85. The number of hydrogen-bond acceptors (Lipinski definition) is 5. The lowest BCUT2D eigenvalue weighted by molar-refractivity contribution is 0.0988. The van der Waals surface area contributed by atoms with Gasteiger partial charge < -0.3 is 0 Å². The summed E-state index contributed by atoms with van der Waals surface area (Å²) in [6.45, 7) is 4.23. The number of thiazole rings is 2. The third-order valence-electron chi connectivity index (χ3n) is 4.10. The number of aromatic nitrogens is 2. The molecule has 4 nitrogen and oxygen atoms in total. The van der Waals surface area contributed by atoms with Gasteiger partial charge >= 0.3 is 0 Å². The summed E-state index contributed by atoms with van der Waals surface area (Å²) in [5.41, 5.74) is 2.63. The summed E-state index contributed by atoms with van der Waals surface area (Å²) in [4.78, 5) is 24.8.